The van der Waals surface area contributed by atoms with Gasteiger partial charge in [0, 0.05) is 4.90 Å². The predicted octanol–water partition coefficient (Wildman–Crippen LogP) is 3.02. The number of allylic oxidation sites excluding steroid dienone is 3. The van der Waals surface area contributed by atoms with Crippen LogP contribution in [0, 0.1) is 22.7 Å². The Morgan fingerprint density at radius 2 is 2.00 bits per heavy atom. The standard InChI is InChI=1S/C12H7N3S/c13-7-9(8-14)5-6-12-15-10-3-1-2-4-11(10)16-12/h1-6,15H. The Bertz CT molecular complexity index is 515. The van der Waals surface area contributed by atoms with Crippen LogP contribution in [0.3, 0.4) is 0 Å². The van der Waals surface area contributed by atoms with E-state index in [9.17, 15) is 0 Å². The van der Waals surface area contributed by atoms with Gasteiger partial charge in [0.05, 0.1) is 10.7 Å². The number of para-hydroxylation sites is 1. The molecule has 0 radical (unpaired) electrons. The molecule has 1 heterocycles. The maximum Gasteiger partial charge on any atom is 0.129 e. The molecular weight excluding hydrogens is 218 g/mol. The third-order valence-electron chi connectivity index (χ3n) is 2.01. The number of nitriles is 2. The Kier molecular flexibility index (Phi) is 2.95. The van der Waals surface area contributed by atoms with Crippen LogP contribution in [0.15, 0.2) is 51.9 Å². The van der Waals surface area contributed by atoms with E-state index in [-0.39, 0.29) is 5.57 Å². The highest BCUT2D eigenvalue weighted by molar-refractivity contribution is 8.03. The number of rotatable bonds is 1. The van der Waals surface area contributed by atoms with Crippen LogP contribution in [-0.4, -0.2) is 0 Å². The molecule has 0 spiro atoms. The van der Waals surface area contributed by atoms with Gasteiger partial charge >= 0.3 is 0 Å². The summed E-state index contributed by atoms with van der Waals surface area (Å²) in [6, 6.07) is 11.6. The van der Waals surface area contributed by atoms with Gasteiger partial charge in [-0.3, -0.25) is 0 Å². The lowest BCUT2D eigenvalue weighted by Crippen LogP contribution is -1.87. The zero-order chi connectivity index (χ0) is 11.4. The SMILES string of the molecule is N#CC(C#N)=CC=C1Nc2ccccc2S1. The second-order valence-electron chi connectivity index (χ2n) is 3.06. The molecule has 0 atom stereocenters. The highest BCUT2D eigenvalue weighted by Crippen LogP contribution is 2.40. The van der Waals surface area contributed by atoms with Gasteiger partial charge in [0.15, 0.2) is 0 Å². The van der Waals surface area contributed by atoms with E-state index < -0.39 is 0 Å². The fraction of sp³-hybridized carbons (Fsp3) is 0. The molecule has 1 aromatic carbocycles. The molecule has 2 rings (SSSR count). The third-order valence-corrected chi connectivity index (χ3v) is 3.04. The number of hydrogen-bond acceptors (Lipinski definition) is 4. The van der Waals surface area contributed by atoms with Crippen LogP contribution in [0.5, 0.6) is 0 Å². The van der Waals surface area contributed by atoms with Gasteiger partial charge < -0.3 is 5.32 Å². The maximum atomic E-state index is 8.58. The van der Waals surface area contributed by atoms with E-state index in [1.807, 2.05) is 36.4 Å². The maximum absolute atomic E-state index is 8.58. The van der Waals surface area contributed by atoms with E-state index in [1.54, 1.807) is 17.8 Å². The van der Waals surface area contributed by atoms with E-state index in [2.05, 4.69) is 5.32 Å². The topological polar surface area (TPSA) is 59.6 Å². The number of nitrogens with zero attached hydrogens (tertiary/aromatic N) is 2. The van der Waals surface area contributed by atoms with Crippen LogP contribution in [0.4, 0.5) is 5.69 Å². The smallest absolute Gasteiger partial charge is 0.129 e. The van der Waals surface area contributed by atoms with Gasteiger partial charge in [0.1, 0.15) is 17.7 Å². The molecule has 1 N–H and O–H groups in total. The van der Waals surface area contributed by atoms with Gasteiger partial charge in [-0.1, -0.05) is 23.9 Å². The van der Waals surface area contributed by atoms with Gasteiger partial charge in [0.2, 0.25) is 0 Å². The van der Waals surface area contributed by atoms with Crippen molar-refractivity contribution in [2.24, 2.45) is 0 Å². The first kappa shape index (κ1) is 10.4. The largest absolute Gasteiger partial charge is 0.349 e. The molecule has 0 unspecified atom stereocenters. The summed E-state index contributed by atoms with van der Waals surface area (Å²) in [5.41, 5.74) is 1.16. The molecule has 0 fully saturated rings. The average molecular weight is 225 g/mol. The lowest BCUT2D eigenvalue weighted by molar-refractivity contribution is 1.45. The van der Waals surface area contributed by atoms with E-state index in [4.69, 9.17) is 10.5 Å². The molecule has 0 aromatic heterocycles. The lowest BCUT2D eigenvalue weighted by Gasteiger charge is -1.95. The summed E-state index contributed by atoms with van der Waals surface area (Å²) in [5.74, 6) is 0. The monoisotopic (exact) mass is 225 g/mol. The second kappa shape index (κ2) is 4.57. The first-order chi connectivity index (χ1) is 7.83. The number of hydrogen-bond donors (Lipinski definition) is 1. The van der Waals surface area contributed by atoms with Gasteiger partial charge in [0.25, 0.3) is 0 Å². The summed E-state index contributed by atoms with van der Waals surface area (Å²) in [4.78, 5) is 1.15. The van der Waals surface area contributed by atoms with E-state index in [0.29, 0.717) is 0 Å². The fourth-order valence-electron chi connectivity index (χ4n) is 1.27. The summed E-state index contributed by atoms with van der Waals surface area (Å²) < 4.78 is 0. The first-order valence-electron chi connectivity index (χ1n) is 4.59. The Hall–Kier alpha value is -2.17. The summed E-state index contributed by atoms with van der Waals surface area (Å²) >= 11 is 1.59. The van der Waals surface area contributed by atoms with Crippen molar-refractivity contribution in [3.05, 3.63) is 47.0 Å². The molecule has 0 bridgehead atoms. The Balaban J connectivity index is 2.19. The first-order valence-corrected chi connectivity index (χ1v) is 5.41. The summed E-state index contributed by atoms with van der Waals surface area (Å²) in [5, 5.41) is 21.3. The predicted molar refractivity (Wildman–Crippen MR) is 63.3 cm³/mol. The van der Waals surface area contributed by atoms with Crippen LogP contribution in [0.25, 0.3) is 0 Å². The average Bonchev–Trinajstić information content (AvgIpc) is 2.73. The number of benzene rings is 1. The second-order valence-corrected chi connectivity index (χ2v) is 4.14. The number of anilines is 1. The molecule has 1 aromatic rings. The highest BCUT2D eigenvalue weighted by atomic mass is 32.2. The lowest BCUT2D eigenvalue weighted by atomic mass is 10.3. The molecule has 3 nitrogen and oxygen atoms in total. The number of nitrogens with one attached hydrogen (secondary N) is 1. The minimum atomic E-state index is 0.103. The van der Waals surface area contributed by atoms with Crippen molar-refractivity contribution in [3.63, 3.8) is 0 Å². The van der Waals surface area contributed by atoms with E-state index >= 15 is 0 Å². The van der Waals surface area contributed by atoms with Crippen molar-refractivity contribution in [1.82, 2.24) is 0 Å². The van der Waals surface area contributed by atoms with Crippen molar-refractivity contribution in [2.75, 3.05) is 5.32 Å². The van der Waals surface area contributed by atoms with Crippen molar-refractivity contribution in [1.29, 1.82) is 10.5 Å². The summed E-state index contributed by atoms with van der Waals surface area (Å²) in [6.07, 6.45) is 3.26. The number of thioether (sulfide) groups is 1. The Labute approximate surface area is 97.7 Å². The fourth-order valence-corrected chi connectivity index (χ4v) is 2.18. The molecule has 4 heteroatoms. The molecule has 16 heavy (non-hydrogen) atoms. The van der Waals surface area contributed by atoms with Gasteiger partial charge in [-0.05, 0) is 24.3 Å². The van der Waals surface area contributed by atoms with Crippen LogP contribution >= 0.6 is 11.8 Å². The van der Waals surface area contributed by atoms with Crippen LogP contribution in [0.2, 0.25) is 0 Å². The molecular formula is C12H7N3S. The summed E-state index contributed by atoms with van der Waals surface area (Å²) in [7, 11) is 0. The minimum Gasteiger partial charge on any atom is -0.349 e. The zero-order valence-electron chi connectivity index (χ0n) is 8.27. The van der Waals surface area contributed by atoms with Gasteiger partial charge in [-0.2, -0.15) is 10.5 Å². The van der Waals surface area contributed by atoms with Gasteiger partial charge in [-0.15, -0.1) is 0 Å². The molecule has 1 aliphatic rings. The van der Waals surface area contributed by atoms with Crippen LogP contribution in [0.1, 0.15) is 0 Å². The minimum absolute atomic E-state index is 0.103. The van der Waals surface area contributed by atoms with Crippen LogP contribution in [-0.2, 0) is 0 Å². The van der Waals surface area contributed by atoms with E-state index in [1.165, 1.54) is 6.08 Å². The van der Waals surface area contributed by atoms with Crippen LogP contribution < -0.4 is 5.32 Å². The van der Waals surface area contributed by atoms with Gasteiger partial charge in [-0.25, -0.2) is 0 Å². The Morgan fingerprint density at radius 3 is 2.69 bits per heavy atom. The zero-order valence-corrected chi connectivity index (χ0v) is 9.08. The van der Waals surface area contributed by atoms with Crippen molar-refractivity contribution in [3.8, 4) is 12.1 Å². The molecule has 76 valence electrons. The number of fused-ring (bicyclic) bond motifs is 1. The molecule has 1 aliphatic heterocycles. The molecule has 0 aliphatic carbocycles. The Morgan fingerprint density at radius 1 is 1.25 bits per heavy atom. The third kappa shape index (κ3) is 2.08. The van der Waals surface area contributed by atoms with Crippen molar-refractivity contribution in [2.45, 2.75) is 4.90 Å². The molecule has 0 saturated carbocycles. The van der Waals surface area contributed by atoms with E-state index in [0.717, 1.165) is 15.6 Å². The van der Waals surface area contributed by atoms with Crippen molar-refractivity contribution < 1.29 is 0 Å². The van der Waals surface area contributed by atoms with Crippen molar-refractivity contribution >= 4 is 17.4 Å². The summed E-state index contributed by atoms with van der Waals surface area (Å²) in [6.45, 7) is 0. The molecule has 0 amide bonds. The normalized spacial score (nSPS) is 14.5. The quantitative estimate of drug-likeness (QED) is 0.746. The molecule has 0 saturated heterocycles. The highest BCUT2D eigenvalue weighted by Gasteiger charge is 2.13.